The molecule has 0 radical (unpaired) electrons. The molecule has 0 aliphatic heterocycles. The van der Waals surface area contributed by atoms with E-state index < -0.39 is 0 Å². The molecule has 0 spiro atoms. The third-order valence-corrected chi connectivity index (χ3v) is 2.35. The maximum atomic E-state index is 13.3. The fourth-order valence-electron chi connectivity index (χ4n) is 1.25. The van der Waals surface area contributed by atoms with Crippen LogP contribution in [0.15, 0.2) is 18.2 Å². The van der Waals surface area contributed by atoms with Crippen LogP contribution in [0.3, 0.4) is 0 Å². The molecule has 0 heterocycles. The quantitative estimate of drug-likeness (QED) is 0.738. The van der Waals surface area contributed by atoms with Crippen molar-refractivity contribution in [3.8, 4) is 6.07 Å². The lowest BCUT2D eigenvalue weighted by Crippen LogP contribution is -2.21. The minimum Gasteiger partial charge on any atom is -0.293 e. The Kier molecular flexibility index (Phi) is 4.54. The highest BCUT2D eigenvalue weighted by atomic mass is 35.5. The van der Waals surface area contributed by atoms with Gasteiger partial charge < -0.3 is 0 Å². The summed E-state index contributed by atoms with van der Waals surface area (Å²) in [4.78, 5) is 1.83. The zero-order chi connectivity index (χ0) is 11.3. The molecule has 2 nitrogen and oxygen atoms in total. The molecule has 0 saturated heterocycles. The highest BCUT2D eigenvalue weighted by molar-refractivity contribution is 6.30. The molecule has 0 aromatic heterocycles. The minimum absolute atomic E-state index is 0.246. The fourth-order valence-corrected chi connectivity index (χ4v) is 1.44. The molecule has 0 atom stereocenters. The fraction of sp³-hybridized carbons (Fsp3) is 0.364. The van der Waals surface area contributed by atoms with Gasteiger partial charge in [0.15, 0.2) is 0 Å². The Labute approximate surface area is 93.9 Å². The van der Waals surface area contributed by atoms with Crippen LogP contribution in [-0.4, -0.2) is 25.0 Å². The molecule has 1 aromatic carbocycles. The van der Waals surface area contributed by atoms with E-state index in [1.165, 1.54) is 12.1 Å². The smallest absolute Gasteiger partial charge is 0.126 e. The Hall–Kier alpha value is -1.11. The van der Waals surface area contributed by atoms with Crippen LogP contribution in [0.2, 0.25) is 5.02 Å². The third-order valence-electron chi connectivity index (χ3n) is 2.11. The van der Waals surface area contributed by atoms with Crippen LogP contribution in [0.25, 0.3) is 0 Å². The largest absolute Gasteiger partial charge is 0.293 e. The zero-order valence-electron chi connectivity index (χ0n) is 8.50. The summed E-state index contributed by atoms with van der Waals surface area (Å²) in [5.74, 6) is -0.246. The van der Waals surface area contributed by atoms with E-state index in [1.54, 1.807) is 6.07 Å². The molecule has 1 rings (SSSR count). The van der Waals surface area contributed by atoms with Gasteiger partial charge in [0.25, 0.3) is 0 Å². The first-order chi connectivity index (χ1) is 7.13. The second-order valence-corrected chi connectivity index (χ2v) is 3.82. The topological polar surface area (TPSA) is 27.0 Å². The van der Waals surface area contributed by atoms with Gasteiger partial charge in [-0.3, -0.25) is 4.90 Å². The predicted octanol–water partition coefficient (Wildman–Crippen LogP) is 2.48. The number of nitriles is 1. The van der Waals surface area contributed by atoms with E-state index in [2.05, 4.69) is 0 Å². The lowest BCUT2D eigenvalue weighted by Gasteiger charge is -2.12. The van der Waals surface area contributed by atoms with Crippen LogP contribution >= 0.6 is 11.6 Å². The molecule has 0 N–H and O–H groups in total. The summed E-state index contributed by atoms with van der Waals surface area (Å²) in [5.41, 5.74) is 0.590. The van der Waals surface area contributed by atoms with Gasteiger partial charge in [0.05, 0.1) is 12.6 Å². The van der Waals surface area contributed by atoms with E-state index in [-0.39, 0.29) is 5.82 Å². The van der Waals surface area contributed by atoms with Crippen molar-refractivity contribution >= 4 is 11.6 Å². The van der Waals surface area contributed by atoms with Gasteiger partial charge in [-0.25, -0.2) is 4.39 Å². The van der Waals surface area contributed by atoms with E-state index in [0.29, 0.717) is 30.1 Å². The first-order valence-electron chi connectivity index (χ1n) is 4.63. The van der Waals surface area contributed by atoms with Crippen molar-refractivity contribution in [1.29, 1.82) is 5.26 Å². The number of rotatable bonds is 4. The van der Waals surface area contributed by atoms with Crippen molar-refractivity contribution in [3.63, 3.8) is 0 Å². The van der Waals surface area contributed by atoms with Crippen LogP contribution in [0.5, 0.6) is 0 Å². The Morgan fingerprint density at radius 2 is 2.27 bits per heavy atom. The molecule has 80 valence electrons. The van der Waals surface area contributed by atoms with Gasteiger partial charge in [-0.15, -0.1) is 0 Å². The number of hydrogen-bond acceptors (Lipinski definition) is 2. The highest BCUT2D eigenvalue weighted by Gasteiger charge is 2.04. The minimum atomic E-state index is -0.246. The molecule has 0 unspecified atom stereocenters. The number of likely N-dealkylation sites (N-methyl/N-ethyl adjacent to an activating group) is 1. The highest BCUT2D eigenvalue weighted by Crippen LogP contribution is 2.15. The molecule has 15 heavy (non-hydrogen) atoms. The molecular weight excluding hydrogens is 215 g/mol. The normalized spacial score (nSPS) is 10.3. The van der Waals surface area contributed by atoms with Crippen LogP contribution in [-0.2, 0) is 6.42 Å². The Bertz CT molecular complexity index is 373. The van der Waals surface area contributed by atoms with E-state index in [0.717, 1.165) is 0 Å². The average Bonchev–Trinajstić information content (AvgIpc) is 2.20. The van der Waals surface area contributed by atoms with Gasteiger partial charge in [0.2, 0.25) is 0 Å². The van der Waals surface area contributed by atoms with Crippen molar-refractivity contribution < 1.29 is 4.39 Å². The first-order valence-corrected chi connectivity index (χ1v) is 5.00. The zero-order valence-corrected chi connectivity index (χ0v) is 9.26. The summed E-state index contributed by atoms with van der Waals surface area (Å²) in [7, 11) is 1.83. The Balaban J connectivity index is 2.57. The third kappa shape index (κ3) is 3.86. The van der Waals surface area contributed by atoms with Crippen LogP contribution in [0.4, 0.5) is 4.39 Å². The summed E-state index contributed by atoms with van der Waals surface area (Å²) >= 11 is 5.76. The van der Waals surface area contributed by atoms with Crippen molar-refractivity contribution in [1.82, 2.24) is 4.90 Å². The van der Waals surface area contributed by atoms with Gasteiger partial charge in [-0.2, -0.15) is 5.26 Å². The average molecular weight is 227 g/mol. The maximum Gasteiger partial charge on any atom is 0.126 e. The molecule has 0 amide bonds. The second-order valence-electron chi connectivity index (χ2n) is 3.38. The summed E-state index contributed by atoms with van der Waals surface area (Å²) in [6.45, 7) is 0.993. The Morgan fingerprint density at radius 1 is 1.53 bits per heavy atom. The molecule has 0 aliphatic rings. The first kappa shape index (κ1) is 12.0. The van der Waals surface area contributed by atoms with Crippen LogP contribution in [0, 0.1) is 17.1 Å². The molecular formula is C11H12ClFN2. The molecule has 0 aliphatic carbocycles. The van der Waals surface area contributed by atoms with Crippen molar-refractivity contribution in [2.45, 2.75) is 6.42 Å². The van der Waals surface area contributed by atoms with E-state index in [4.69, 9.17) is 16.9 Å². The lowest BCUT2D eigenvalue weighted by molar-refractivity contribution is 0.376. The lowest BCUT2D eigenvalue weighted by atomic mass is 10.1. The number of benzene rings is 1. The molecule has 0 fully saturated rings. The van der Waals surface area contributed by atoms with Gasteiger partial charge >= 0.3 is 0 Å². The second kappa shape index (κ2) is 5.69. The SMILES string of the molecule is CN(CC#N)CCc1cc(Cl)ccc1F. The van der Waals surface area contributed by atoms with Crippen molar-refractivity contribution in [2.75, 3.05) is 20.1 Å². The molecule has 4 heteroatoms. The molecule has 0 bridgehead atoms. The summed E-state index contributed by atoms with van der Waals surface area (Å²) in [6.07, 6.45) is 0.560. The number of halogens is 2. The van der Waals surface area contributed by atoms with Gasteiger partial charge in [0.1, 0.15) is 5.82 Å². The molecule has 0 saturated carbocycles. The Morgan fingerprint density at radius 3 is 2.93 bits per heavy atom. The monoisotopic (exact) mass is 226 g/mol. The summed E-state index contributed by atoms with van der Waals surface area (Å²) < 4.78 is 13.3. The number of hydrogen-bond donors (Lipinski definition) is 0. The van der Waals surface area contributed by atoms with Gasteiger partial charge in [0, 0.05) is 11.6 Å². The van der Waals surface area contributed by atoms with E-state index >= 15 is 0 Å². The summed E-state index contributed by atoms with van der Waals surface area (Å²) in [6, 6.07) is 6.55. The molecule has 1 aromatic rings. The van der Waals surface area contributed by atoms with E-state index in [9.17, 15) is 4.39 Å². The summed E-state index contributed by atoms with van der Waals surface area (Å²) in [5, 5.41) is 8.98. The van der Waals surface area contributed by atoms with Gasteiger partial charge in [-0.1, -0.05) is 11.6 Å². The van der Waals surface area contributed by atoms with Crippen LogP contribution < -0.4 is 0 Å². The van der Waals surface area contributed by atoms with Gasteiger partial charge in [-0.05, 0) is 37.2 Å². The van der Waals surface area contributed by atoms with E-state index in [1.807, 2.05) is 18.0 Å². The van der Waals surface area contributed by atoms with Crippen molar-refractivity contribution in [3.05, 3.63) is 34.6 Å². The predicted molar refractivity (Wildman–Crippen MR) is 58.2 cm³/mol. The van der Waals surface area contributed by atoms with Crippen LogP contribution in [0.1, 0.15) is 5.56 Å². The maximum absolute atomic E-state index is 13.3. The standard InChI is InChI=1S/C11H12ClFN2/c1-15(7-5-14)6-4-9-8-10(12)2-3-11(9)13/h2-3,8H,4,6-7H2,1H3. The van der Waals surface area contributed by atoms with Crippen molar-refractivity contribution in [2.24, 2.45) is 0 Å². The number of nitrogens with zero attached hydrogens (tertiary/aromatic N) is 2.